The van der Waals surface area contributed by atoms with Crippen LogP contribution in [0, 0.1) is 3.57 Å². The van der Waals surface area contributed by atoms with E-state index < -0.39 is 0 Å². The van der Waals surface area contributed by atoms with Gasteiger partial charge in [-0.25, -0.2) is 0 Å². The summed E-state index contributed by atoms with van der Waals surface area (Å²) >= 11 is 4.99. The van der Waals surface area contributed by atoms with Gasteiger partial charge in [0.05, 0.1) is 5.75 Å². The minimum Gasteiger partial charge on any atom is -0.457 e. The van der Waals surface area contributed by atoms with Crippen LogP contribution in [0.15, 0.2) is 83.2 Å². The van der Waals surface area contributed by atoms with E-state index in [2.05, 4.69) is 43.4 Å². The van der Waals surface area contributed by atoms with Crippen LogP contribution in [0.4, 0.5) is 16.5 Å². The molecule has 6 nitrogen and oxygen atoms in total. The van der Waals surface area contributed by atoms with Gasteiger partial charge in [0.25, 0.3) is 0 Å². The zero-order valence-corrected chi connectivity index (χ0v) is 19.9. The van der Waals surface area contributed by atoms with Crippen molar-refractivity contribution in [2.45, 2.75) is 4.34 Å². The number of anilines is 3. The molecule has 9 heteroatoms. The lowest BCUT2D eigenvalue weighted by Crippen LogP contribution is -2.13. The summed E-state index contributed by atoms with van der Waals surface area (Å²) in [5.41, 5.74) is 1.66. The third-order valence-electron chi connectivity index (χ3n) is 3.95. The second-order valence-corrected chi connectivity index (χ2v) is 9.73. The number of aromatic nitrogens is 2. The Balaban J connectivity index is 1.26. The van der Waals surface area contributed by atoms with Crippen molar-refractivity contribution in [1.29, 1.82) is 0 Å². The number of nitrogens with zero attached hydrogens (tertiary/aromatic N) is 2. The highest BCUT2D eigenvalue weighted by Gasteiger charge is 2.09. The summed E-state index contributed by atoms with van der Waals surface area (Å²) in [5.74, 6) is 1.74. The summed E-state index contributed by atoms with van der Waals surface area (Å²) in [6, 6.07) is 24.9. The number of ether oxygens (including phenoxy) is 1. The molecular formula is C22H17IN4O2S2. The molecule has 0 unspecified atom stereocenters. The number of rotatable bonds is 8. The van der Waals surface area contributed by atoms with Gasteiger partial charge in [-0.2, -0.15) is 0 Å². The molecule has 0 aliphatic carbocycles. The molecule has 31 heavy (non-hydrogen) atoms. The highest BCUT2D eigenvalue weighted by molar-refractivity contribution is 14.1. The number of nitrogens with one attached hydrogen (secondary N) is 2. The first-order chi connectivity index (χ1) is 15.1. The molecule has 156 valence electrons. The molecule has 0 aliphatic rings. The van der Waals surface area contributed by atoms with E-state index in [1.54, 1.807) is 0 Å². The number of carbonyl (C=O) groups is 1. The first-order valence-electron chi connectivity index (χ1n) is 9.26. The topological polar surface area (TPSA) is 76.1 Å². The highest BCUT2D eigenvalue weighted by atomic mass is 127. The molecule has 1 amide bonds. The minimum absolute atomic E-state index is 0.0788. The summed E-state index contributed by atoms with van der Waals surface area (Å²) in [6.07, 6.45) is 0. The molecule has 0 fully saturated rings. The summed E-state index contributed by atoms with van der Waals surface area (Å²) in [4.78, 5) is 12.1. The Kier molecular flexibility index (Phi) is 7.39. The average Bonchev–Trinajstić information content (AvgIpc) is 3.23. The molecule has 0 radical (unpaired) electrons. The van der Waals surface area contributed by atoms with Gasteiger partial charge in [0.2, 0.25) is 11.0 Å². The first-order valence-corrected chi connectivity index (χ1v) is 12.1. The van der Waals surface area contributed by atoms with Crippen molar-refractivity contribution < 1.29 is 9.53 Å². The maximum Gasteiger partial charge on any atom is 0.234 e. The van der Waals surface area contributed by atoms with Gasteiger partial charge in [0.1, 0.15) is 11.5 Å². The number of carbonyl (C=O) groups excluding carboxylic acids is 1. The lowest BCUT2D eigenvalue weighted by molar-refractivity contribution is -0.113. The molecule has 4 rings (SSSR count). The normalized spacial score (nSPS) is 10.5. The van der Waals surface area contributed by atoms with Crippen LogP contribution in [0.1, 0.15) is 0 Å². The SMILES string of the molecule is O=C(CSc1nnc(Nc2ccc(Oc3ccccc3)cc2)s1)Nc1ccc(I)cc1. The zero-order valence-electron chi connectivity index (χ0n) is 16.1. The maximum absolute atomic E-state index is 12.1. The lowest BCUT2D eigenvalue weighted by atomic mass is 10.3. The maximum atomic E-state index is 12.1. The van der Waals surface area contributed by atoms with Gasteiger partial charge >= 0.3 is 0 Å². The second-order valence-electron chi connectivity index (χ2n) is 6.28. The van der Waals surface area contributed by atoms with Crippen molar-refractivity contribution in [3.8, 4) is 11.5 Å². The van der Waals surface area contributed by atoms with E-state index >= 15 is 0 Å². The van der Waals surface area contributed by atoms with Gasteiger partial charge in [0.15, 0.2) is 4.34 Å². The number of benzene rings is 3. The van der Waals surface area contributed by atoms with E-state index in [4.69, 9.17) is 4.74 Å². The minimum atomic E-state index is -0.0788. The largest absolute Gasteiger partial charge is 0.457 e. The molecule has 0 aliphatic heterocycles. The number of thioether (sulfide) groups is 1. The molecule has 0 atom stereocenters. The Bertz CT molecular complexity index is 1140. The van der Waals surface area contributed by atoms with Crippen molar-refractivity contribution in [2.24, 2.45) is 0 Å². The van der Waals surface area contributed by atoms with Crippen LogP contribution in [-0.2, 0) is 4.79 Å². The highest BCUT2D eigenvalue weighted by Crippen LogP contribution is 2.29. The third kappa shape index (κ3) is 6.68. The van der Waals surface area contributed by atoms with Crippen LogP contribution in [-0.4, -0.2) is 21.9 Å². The number of hydrogen-bond donors (Lipinski definition) is 2. The Morgan fingerprint density at radius 3 is 2.32 bits per heavy atom. The molecule has 0 spiro atoms. The fraction of sp³-hybridized carbons (Fsp3) is 0.0455. The zero-order chi connectivity index (χ0) is 21.5. The fourth-order valence-electron chi connectivity index (χ4n) is 2.53. The Labute approximate surface area is 201 Å². The van der Waals surface area contributed by atoms with Crippen LogP contribution < -0.4 is 15.4 Å². The fourth-order valence-corrected chi connectivity index (χ4v) is 4.46. The summed E-state index contributed by atoms with van der Waals surface area (Å²) in [6.45, 7) is 0. The third-order valence-corrected chi connectivity index (χ3v) is 6.64. The van der Waals surface area contributed by atoms with Crippen molar-refractivity contribution in [2.75, 3.05) is 16.4 Å². The number of hydrogen-bond acceptors (Lipinski definition) is 7. The van der Waals surface area contributed by atoms with E-state index in [-0.39, 0.29) is 11.7 Å². The molecule has 0 bridgehead atoms. The summed E-state index contributed by atoms with van der Waals surface area (Å²) in [7, 11) is 0. The summed E-state index contributed by atoms with van der Waals surface area (Å²) in [5, 5.41) is 15.0. The van der Waals surface area contributed by atoms with E-state index in [1.165, 1.54) is 23.1 Å². The van der Waals surface area contributed by atoms with E-state index in [9.17, 15) is 4.79 Å². The molecule has 4 aromatic rings. The van der Waals surface area contributed by atoms with Crippen LogP contribution in [0.2, 0.25) is 0 Å². The van der Waals surface area contributed by atoms with Gasteiger partial charge < -0.3 is 15.4 Å². The smallest absolute Gasteiger partial charge is 0.234 e. The van der Waals surface area contributed by atoms with E-state index in [0.29, 0.717) is 5.13 Å². The molecule has 3 aromatic carbocycles. The van der Waals surface area contributed by atoms with Gasteiger partial charge in [-0.1, -0.05) is 41.3 Å². The predicted molar refractivity (Wildman–Crippen MR) is 135 cm³/mol. The summed E-state index contributed by atoms with van der Waals surface area (Å²) < 4.78 is 7.64. The average molecular weight is 560 g/mol. The van der Waals surface area contributed by atoms with E-state index in [1.807, 2.05) is 78.9 Å². The van der Waals surface area contributed by atoms with Crippen molar-refractivity contribution >= 4 is 68.1 Å². The molecule has 0 saturated heterocycles. The number of amides is 1. The quantitative estimate of drug-likeness (QED) is 0.192. The van der Waals surface area contributed by atoms with E-state index in [0.717, 1.165) is 30.8 Å². The molecule has 2 N–H and O–H groups in total. The Morgan fingerprint density at radius 1 is 0.903 bits per heavy atom. The monoisotopic (exact) mass is 560 g/mol. The second kappa shape index (κ2) is 10.6. The van der Waals surface area contributed by atoms with Gasteiger partial charge in [-0.15, -0.1) is 10.2 Å². The van der Waals surface area contributed by atoms with Gasteiger partial charge in [-0.3, -0.25) is 4.79 Å². The van der Waals surface area contributed by atoms with Crippen LogP contribution in [0.3, 0.4) is 0 Å². The van der Waals surface area contributed by atoms with Crippen LogP contribution in [0.25, 0.3) is 0 Å². The van der Waals surface area contributed by atoms with Crippen molar-refractivity contribution in [1.82, 2.24) is 10.2 Å². The molecule has 0 saturated carbocycles. The first kappa shape index (κ1) is 21.6. The van der Waals surface area contributed by atoms with Crippen LogP contribution >= 0.6 is 45.7 Å². The predicted octanol–water partition coefficient (Wildman–Crippen LogP) is 6.41. The van der Waals surface area contributed by atoms with Crippen molar-refractivity contribution in [3.05, 3.63) is 82.4 Å². The molecular weight excluding hydrogens is 543 g/mol. The molecule has 1 aromatic heterocycles. The standard InChI is InChI=1S/C22H17IN4O2S2/c23-15-6-8-16(9-7-15)24-20(28)14-30-22-27-26-21(31-22)25-17-10-12-19(13-11-17)29-18-4-2-1-3-5-18/h1-13H,14H2,(H,24,28)(H,25,26). The Morgan fingerprint density at radius 2 is 1.58 bits per heavy atom. The van der Waals surface area contributed by atoms with Gasteiger partial charge in [-0.05, 0) is 83.3 Å². The number of halogens is 1. The lowest BCUT2D eigenvalue weighted by Gasteiger charge is -2.07. The van der Waals surface area contributed by atoms with Crippen molar-refractivity contribution in [3.63, 3.8) is 0 Å². The van der Waals surface area contributed by atoms with Crippen LogP contribution in [0.5, 0.6) is 11.5 Å². The number of para-hydroxylation sites is 1. The van der Waals surface area contributed by atoms with Gasteiger partial charge in [0, 0.05) is 14.9 Å². The molecule has 1 heterocycles. The Hall–Kier alpha value is -2.63.